The molecule has 1 N–H and O–H groups in total. The zero-order chi connectivity index (χ0) is 17.6. The van der Waals surface area contributed by atoms with Gasteiger partial charge in [-0.1, -0.05) is 12.1 Å². The number of rotatable bonds is 4. The predicted molar refractivity (Wildman–Crippen MR) is 90.6 cm³/mol. The maximum Gasteiger partial charge on any atom is 0.282 e. The summed E-state index contributed by atoms with van der Waals surface area (Å²) in [4.78, 5) is 39.5. The van der Waals surface area contributed by atoms with Gasteiger partial charge in [0.25, 0.3) is 17.5 Å². The normalized spacial score (nSPS) is 22.5. The van der Waals surface area contributed by atoms with Crippen LogP contribution in [0, 0.1) is 10.1 Å². The SMILES string of the molecule is O=C1c2cccc([N+](=O)[O-])c2C(=O)N1C[NH+]1CCC[C@H]1c1cccs1. The number of amides is 2. The summed E-state index contributed by atoms with van der Waals surface area (Å²) in [6.45, 7) is 1.12. The molecular weight excluding hydrogens is 342 g/mol. The summed E-state index contributed by atoms with van der Waals surface area (Å²) in [5.74, 6) is -0.996. The monoisotopic (exact) mass is 358 g/mol. The van der Waals surface area contributed by atoms with E-state index in [1.807, 2.05) is 11.4 Å². The average Bonchev–Trinajstić information content (AvgIpc) is 3.32. The Labute approximate surface area is 147 Å². The Hall–Kier alpha value is -2.58. The zero-order valence-electron chi connectivity index (χ0n) is 13.3. The molecule has 1 aromatic heterocycles. The van der Waals surface area contributed by atoms with Crippen molar-refractivity contribution >= 4 is 28.8 Å². The van der Waals surface area contributed by atoms with Gasteiger partial charge in [0.15, 0.2) is 6.67 Å². The summed E-state index contributed by atoms with van der Waals surface area (Å²) in [6.07, 6.45) is 2.04. The molecule has 1 saturated heterocycles. The Morgan fingerprint density at radius 1 is 1.24 bits per heavy atom. The lowest BCUT2D eigenvalue weighted by atomic mass is 10.1. The maximum atomic E-state index is 12.7. The molecule has 7 nitrogen and oxygen atoms in total. The first kappa shape index (κ1) is 15.9. The molecule has 2 atom stereocenters. The molecule has 128 valence electrons. The van der Waals surface area contributed by atoms with Gasteiger partial charge >= 0.3 is 0 Å². The van der Waals surface area contributed by atoms with Crippen molar-refractivity contribution in [1.29, 1.82) is 0 Å². The molecule has 0 radical (unpaired) electrons. The van der Waals surface area contributed by atoms with Crippen LogP contribution in [0.5, 0.6) is 0 Å². The number of likely N-dealkylation sites (tertiary alicyclic amines) is 1. The van der Waals surface area contributed by atoms with Crippen LogP contribution in [0.3, 0.4) is 0 Å². The summed E-state index contributed by atoms with van der Waals surface area (Å²) in [7, 11) is 0. The van der Waals surface area contributed by atoms with Crippen LogP contribution in [0.4, 0.5) is 5.69 Å². The first-order chi connectivity index (χ1) is 12.1. The van der Waals surface area contributed by atoms with Gasteiger partial charge in [-0.15, -0.1) is 11.3 Å². The summed E-state index contributed by atoms with van der Waals surface area (Å²) in [5.41, 5.74) is -0.251. The fourth-order valence-corrected chi connectivity index (χ4v) is 4.67. The Bertz CT molecular complexity index is 865. The van der Waals surface area contributed by atoms with Gasteiger partial charge in [-0.05, 0) is 17.5 Å². The molecule has 8 heteroatoms. The molecule has 0 aliphatic carbocycles. The van der Waals surface area contributed by atoms with Gasteiger partial charge in [0.05, 0.1) is 21.9 Å². The topological polar surface area (TPSA) is 85.0 Å². The number of benzene rings is 1. The number of carbonyl (C=O) groups excluding carboxylic acids is 2. The van der Waals surface area contributed by atoms with E-state index in [9.17, 15) is 19.7 Å². The third kappa shape index (κ3) is 2.54. The van der Waals surface area contributed by atoms with E-state index in [-0.39, 0.29) is 29.5 Å². The van der Waals surface area contributed by atoms with E-state index in [2.05, 4.69) is 6.07 Å². The third-order valence-corrected chi connectivity index (χ3v) is 5.89. The van der Waals surface area contributed by atoms with Gasteiger partial charge in [-0.25, -0.2) is 4.90 Å². The number of nitrogens with zero attached hydrogens (tertiary/aromatic N) is 2. The molecule has 1 unspecified atom stereocenters. The number of carbonyl (C=O) groups is 2. The molecule has 0 spiro atoms. The average molecular weight is 358 g/mol. The number of hydrogen-bond acceptors (Lipinski definition) is 5. The van der Waals surface area contributed by atoms with Crippen molar-refractivity contribution in [2.75, 3.05) is 13.2 Å². The highest BCUT2D eigenvalue weighted by molar-refractivity contribution is 7.10. The number of nitrogens with one attached hydrogen (secondary N) is 1. The van der Waals surface area contributed by atoms with Crippen LogP contribution in [0.25, 0.3) is 0 Å². The Morgan fingerprint density at radius 3 is 2.80 bits per heavy atom. The standard InChI is InChI=1S/C17H15N3O4S/c21-16-11-4-1-5-13(20(23)24)15(11)17(22)19(16)10-18-8-2-6-12(18)14-7-3-9-25-14/h1,3-5,7,9,12H,2,6,8,10H2/p+1/t12-/m0/s1. The molecule has 2 aromatic rings. The molecule has 0 saturated carbocycles. The first-order valence-corrected chi connectivity index (χ1v) is 8.97. The van der Waals surface area contributed by atoms with Crippen molar-refractivity contribution in [2.45, 2.75) is 18.9 Å². The number of thiophene rings is 1. The van der Waals surface area contributed by atoms with Crippen LogP contribution in [0.1, 0.15) is 44.5 Å². The summed E-state index contributed by atoms with van der Waals surface area (Å²) in [5, 5.41) is 13.2. The van der Waals surface area contributed by atoms with Crippen LogP contribution in [0.15, 0.2) is 35.7 Å². The molecule has 25 heavy (non-hydrogen) atoms. The number of nitro groups is 1. The molecule has 3 heterocycles. The lowest BCUT2D eigenvalue weighted by Crippen LogP contribution is -3.12. The smallest absolute Gasteiger partial charge is 0.282 e. The van der Waals surface area contributed by atoms with E-state index < -0.39 is 16.7 Å². The van der Waals surface area contributed by atoms with Gasteiger partial charge < -0.3 is 4.90 Å². The summed E-state index contributed by atoms with van der Waals surface area (Å²) < 4.78 is 0. The number of fused-ring (bicyclic) bond motifs is 1. The van der Waals surface area contributed by atoms with E-state index in [1.165, 1.54) is 28.0 Å². The zero-order valence-corrected chi connectivity index (χ0v) is 14.1. The fraction of sp³-hybridized carbons (Fsp3) is 0.294. The second-order valence-electron chi connectivity index (χ2n) is 6.27. The van der Waals surface area contributed by atoms with E-state index in [1.54, 1.807) is 11.3 Å². The Kier molecular flexibility index (Phi) is 3.85. The van der Waals surface area contributed by atoms with Crippen molar-refractivity contribution in [3.63, 3.8) is 0 Å². The van der Waals surface area contributed by atoms with Crippen LogP contribution in [-0.2, 0) is 0 Å². The predicted octanol–water partition coefficient (Wildman–Crippen LogP) is 1.63. The Balaban J connectivity index is 1.62. The van der Waals surface area contributed by atoms with Crippen molar-refractivity contribution in [2.24, 2.45) is 0 Å². The van der Waals surface area contributed by atoms with Gasteiger partial charge in [0.2, 0.25) is 0 Å². The molecule has 2 aliphatic heterocycles. The number of nitro benzene ring substituents is 1. The van der Waals surface area contributed by atoms with Crippen LogP contribution < -0.4 is 4.90 Å². The van der Waals surface area contributed by atoms with Crippen LogP contribution in [0.2, 0.25) is 0 Å². The highest BCUT2D eigenvalue weighted by Crippen LogP contribution is 2.30. The lowest BCUT2D eigenvalue weighted by Gasteiger charge is -2.24. The van der Waals surface area contributed by atoms with Gasteiger partial charge in [0.1, 0.15) is 11.6 Å². The molecule has 2 amide bonds. The highest BCUT2D eigenvalue weighted by Gasteiger charge is 2.44. The second-order valence-corrected chi connectivity index (χ2v) is 7.25. The van der Waals surface area contributed by atoms with E-state index in [0.29, 0.717) is 0 Å². The molecular formula is C17H16N3O4S+. The van der Waals surface area contributed by atoms with Gasteiger partial charge in [-0.2, -0.15) is 0 Å². The maximum absolute atomic E-state index is 12.7. The van der Waals surface area contributed by atoms with E-state index in [0.717, 1.165) is 24.3 Å². The van der Waals surface area contributed by atoms with Gasteiger partial charge in [-0.3, -0.25) is 19.7 Å². The van der Waals surface area contributed by atoms with E-state index >= 15 is 0 Å². The molecule has 2 aliphatic rings. The van der Waals surface area contributed by atoms with Crippen molar-refractivity contribution in [3.05, 3.63) is 61.8 Å². The Morgan fingerprint density at radius 2 is 2.08 bits per heavy atom. The fourth-order valence-electron chi connectivity index (χ4n) is 3.75. The molecule has 1 aromatic carbocycles. The minimum absolute atomic E-state index is 0.0798. The third-order valence-electron chi connectivity index (χ3n) is 4.91. The van der Waals surface area contributed by atoms with Crippen LogP contribution in [-0.4, -0.2) is 34.9 Å². The second kappa shape index (κ2) is 6.05. The summed E-state index contributed by atoms with van der Waals surface area (Å²) >= 11 is 1.68. The van der Waals surface area contributed by atoms with Gasteiger partial charge in [0, 0.05) is 18.9 Å². The largest absolute Gasteiger partial charge is 0.311 e. The van der Waals surface area contributed by atoms with Crippen molar-refractivity contribution < 1.29 is 19.4 Å². The van der Waals surface area contributed by atoms with Crippen LogP contribution >= 0.6 is 11.3 Å². The lowest BCUT2D eigenvalue weighted by molar-refractivity contribution is -0.925. The minimum Gasteiger partial charge on any atom is -0.311 e. The van der Waals surface area contributed by atoms with Crippen molar-refractivity contribution in [1.82, 2.24) is 4.90 Å². The van der Waals surface area contributed by atoms with Crippen molar-refractivity contribution in [3.8, 4) is 0 Å². The number of quaternary nitrogens is 1. The quantitative estimate of drug-likeness (QED) is 0.511. The highest BCUT2D eigenvalue weighted by atomic mass is 32.1. The minimum atomic E-state index is -0.606. The molecule has 1 fully saturated rings. The summed E-state index contributed by atoms with van der Waals surface area (Å²) in [6, 6.07) is 8.54. The molecule has 4 rings (SSSR count). The first-order valence-electron chi connectivity index (χ1n) is 8.09. The number of hydrogen-bond donors (Lipinski definition) is 1. The van der Waals surface area contributed by atoms with E-state index in [4.69, 9.17) is 0 Å². The number of imide groups is 1. The molecule has 0 bridgehead atoms.